The average molecular weight is 239 g/mol. The molecule has 2 rings (SSSR count). The van der Waals surface area contributed by atoms with Gasteiger partial charge in [0.1, 0.15) is 5.82 Å². The molecule has 4 nitrogen and oxygen atoms in total. The molecular formula is C11H11F2N3O. The van der Waals surface area contributed by atoms with Crippen molar-refractivity contribution in [3.05, 3.63) is 41.6 Å². The van der Waals surface area contributed by atoms with Crippen LogP contribution in [0.25, 0.3) is 0 Å². The molecule has 0 aliphatic heterocycles. The quantitative estimate of drug-likeness (QED) is 0.888. The van der Waals surface area contributed by atoms with Crippen LogP contribution in [0.2, 0.25) is 0 Å². The number of hydrogen-bond donors (Lipinski definition) is 1. The molecule has 0 aliphatic rings. The van der Waals surface area contributed by atoms with Crippen LogP contribution >= 0.6 is 0 Å². The van der Waals surface area contributed by atoms with Crippen LogP contribution in [0, 0.1) is 11.6 Å². The zero-order valence-electron chi connectivity index (χ0n) is 9.15. The highest BCUT2D eigenvalue weighted by Crippen LogP contribution is 2.25. The maximum atomic E-state index is 13.8. The number of aromatic nitrogens is 2. The van der Waals surface area contributed by atoms with Gasteiger partial charge in [0.2, 0.25) is 0 Å². The molecule has 1 aromatic heterocycles. The Bertz CT molecular complexity index is 540. The fourth-order valence-electron chi connectivity index (χ4n) is 1.52. The second-order valence-electron chi connectivity index (χ2n) is 3.47. The van der Waals surface area contributed by atoms with Gasteiger partial charge in [-0.05, 0) is 12.1 Å². The molecule has 1 heterocycles. The van der Waals surface area contributed by atoms with Crippen molar-refractivity contribution in [1.82, 2.24) is 9.78 Å². The van der Waals surface area contributed by atoms with Gasteiger partial charge < -0.3 is 10.5 Å². The molecule has 0 saturated heterocycles. The molecule has 2 aromatic rings. The van der Waals surface area contributed by atoms with Gasteiger partial charge >= 0.3 is 0 Å². The predicted octanol–water partition coefficient (Wildman–Crippen LogP) is 1.80. The van der Waals surface area contributed by atoms with Gasteiger partial charge in [0.15, 0.2) is 17.4 Å². The van der Waals surface area contributed by atoms with Crippen molar-refractivity contribution >= 4 is 5.82 Å². The third-order valence-electron chi connectivity index (χ3n) is 2.40. The number of rotatable bonds is 3. The lowest BCUT2D eigenvalue weighted by Gasteiger charge is -2.09. The van der Waals surface area contributed by atoms with Crippen molar-refractivity contribution < 1.29 is 13.5 Å². The van der Waals surface area contributed by atoms with Gasteiger partial charge in [0, 0.05) is 5.56 Å². The Balaban J connectivity index is 2.37. The van der Waals surface area contributed by atoms with E-state index in [0.717, 1.165) is 6.07 Å². The summed E-state index contributed by atoms with van der Waals surface area (Å²) in [5.74, 6) is -1.45. The first-order valence-electron chi connectivity index (χ1n) is 4.91. The first-order valence-corrected chi connectivity index (χ1v) is 4.91. The third kappa shape index (κ3) is 2.06. The highest BCUT2D eigenvalue weighted by Gasteiger charge is 2.14. The Morgan fingerprint density at radius 1 is 1.35 bits per heavy atom. The highest BCUT2D eigenvalue weighted by molar-refractivity contribution is 5.34. The van der Waals surface area contributed by atoms with Crippen LogP contribution < -0.4 is 10.5 Å². The van der Waals surface area contributed by atoms with Crippen LogP contribution in [-0.4, -0.2) is 16.9 Å². The van der Waals surface area contributed by atoms with Crippen LogP contribution in [-0.2, 0) is 6.54 Å². The maximum Gasteiger partial charge on any atom is 0.190 e. The molecule has 0 saturated carbocycles. The minimum atomic E-state index is -0.734. The number of benzene rings is 1. The van der Waals surface area contributed by atoms with Gasteiger partial charge in [0.05, 0.1) is 19.9 Å². The van der Waals surface area contributed by atoms with Crippen molar-refractivity contribution in [3.63, 3.8) is 0 Å². The lowest BCUT2D eigenvalue weighted by molar-refractivity contribution is 0.357. The summed E-state index contributed by atoms with van der Waals surface area (Å²) in [7, 11) is 1.22. The number of halogens is 2. The molecule has 0 amide bonds. The molecule has 6 heteroatoms. The van der Waals surface area contributed by atoms with E-state index in [1.165, 1.54) is 24.1 Å². The van der Waals surface area contributed by atoms with E-state index in [4.69, 9.17) is 5.73 Å². The monoisotopic (exact) mass is 239 g/mol. The molecule has 17 heavy (non-hydrogen) atoms. The first-order chi connectivity index (χ1) is 8.13. The summed E-state index contributed by atoms with van der Waals surface area (Å²) >= 11 is 0. The molecule has 90 valence electrons. The Morgan fingerprint density at radius 2 is 2.12 bits per heavy atom. The molecule has 0 radical (unpaired) electrons. The standard InChI is InChI=1S/C11H11F2N3O/c1-17-11-8(12)3-2-7(10(11)13)6-16-9(14)4-5-15-16/h2-5H,6,14H2,1H3. The third-order valence-corrected chi connectivity index (χ3v) is 2.40. The van der Waals surface area contributed by atoms with Crippen molar-refractivity contribution in [2.75, 3.05) is 12.8 Å². The van der Waals surface area contributed by atoms with Crippen LogP contribution in [0.5, 0.6) is 5.75 Å². The number of hydrogen-bond acceptors (Lipinski definition) is 3. The minimum Gasteiger partial charge on any atom is -0.491 e. The Hall–Kier alpha value is -2.11. The molecule has 2 N–H and O–H groups in total. The van der Waals surface area contributed by atoms with Crippen LogP contribution in [0.1, 0.15) is 5.56 Å². The van der Waals surface area contributed by atoms with Gasteiger partial charge in [-0.25, -0.2) is 13.5 Å². The smallest absolute Gasteiger partial charge is 0.190 e. The summed E-state index contributed by atoms with van der Waals surface area (Å²) in [4.78, 5) is 0. The van der Waals surface area contributed by atoms with Gasteiger partial charge in [-0.2, -0.15) is 5.10 Å². The normalized spacial score (nSPS) is 10.5. The topological polar surface area (TPSA) is 53.1 Å². The number of nitrogen functional groups attached to an aromatic ring is 1. The van der Waals surface area contributed by atoms with E-state index in [2.05, 4.69) is 9.84 Å². The van der Waals surface area contributed by atoms with Crippen LogP contribution in [0.3, 0.4) is 0 Å². The molecule has 1 aromatic carbocycles. The highest BCUT2D eigenvalue weighted by atomic mass is 19.1. The van der Waals surface area contributed by atoms with E-state index in [1.54, 1.807) is 6.07 Å². The minimum absolute atomic E-state index is 0.126. The Morgan fingerprint density at radius 3 is 2.71 bits per heavy atom. The summed E-state index contributed by atoms with van der Waals surface area (Å²) < 4.78 is 33.1. The summed E-state index contributed by atoms with van der Waals surface area (Å²) in [6.07, 6.45) is 1.51. The average Bonchev–Trinajstić information content (AvgIpc) is 2.69. The summed E-state index contributed by atoms with van der Waals surface area (Å²) in [5, 5.41) is 3.92. The molecule has 0 fully saturated rings. The molecule has 0 bridgehead atoms. The largest absolute Gasteiger partial charge is 0.491 e. The number of nitrogens with two attached hydrogens (primary N) is 1. The number of anilines is 1. The fraction of sp³-hybridized carbons (Fsp3) is 0.182. The van der Waals surface area contributed by atoms with E-state index in [0.29, 0.717) is 5.82 Å². The first kappa shape index (κ1) is 11.4. The maximum absolute atomic E-state index is 13.8. The number of nitrogens with zero attached hydrogens (tertiary/aromatic N) is 2. The lowest BCUT2D eigenvalue weighted by Crippen LogP contribution is -2.08. The van der Waals surface area contributed by atoms with E-state index in [-0.39, 0.29) is 12.1 Å². The molecule has 0 atom stereocenters. The SMILES string of the molecule is COc1c(F)ccc(Cn2nccc2N)c1F. The second kappa shape index (κ2) is 4.40. The Labute approximate surface area is 96.6 Å². The van der Waals surface area contributed by atoms with Crippen LogP contribution in [0.15, 0.2) is 24.4 Å². The fourth-order valence-corrected chi connectivity index (χ4v) is 1.52. The molecule has 0 unspecified atom stereocenters. The Kier molecular flexibility index (Phi) is 2.95. The molecule has 0 spiro atoms. The lowest BCUT2D eigenvalue weighted by atomic mass is 10.2. The van der Waals surface area contributed by atoms with Crippen molar-refractivity contribution in [3.8, 4) is 5.75 Å². The number of methoxy groups -OCH3 is 1. The van der Waals surface area contributed by atoms with E-state index < -0.39 is 17.4 Å². The second-order valence-corrected chi connectivity index (χ2v) is 3.47. The zero-order chi connectivity index (χ0) is 12.4. The summed E-state index contributed by atoms with van der Waals surface area (Å²) in [6, 6.07) is 4.09. The van der Waals surface area contributed by atoms with Crippen LogP contribution in [0.4, 0.5) is 14.6 Å². The van der Waals surface area contributed by atoms with E-state index in [1.807, 2.05) is 0 Å². The number of ether oxygens (including phenoxy) is 1. The van der Waals surface area contributed by atoms with E-state index in [9.17, 15) is 8.78 Å². The predicted molar refractivity (Wildman–Crippen MR) is 58.7 cm³/mol. The summed E-state index contributed by atoms with van der Waals surface area (Å²) in [5.41, 5.74) is 5.87. The van der Waals surface area contributed by atoms with Crippen molar-refractivity contribution in [2.24, 2.45) is 0 Å². The van der Waals surface area contributed by atoms with E-state index >= 15 is 0 Å². The van der Waals surface area contributed by atoms with Gasteiger partial charge in [0.25, 0.3) is 0 Å². The van der Waals surface area contributed by atoms with Crippen molar-refractivity contribution in [2.45, 2.75) is 6.54 Å². The molecule has 0 aliphatic carbocycles. The zero-order valence-corrected chi connectivity index (χ0v) is 9.15. The van der Waals surface area contributed by atoms with Gasteiger partial charge in [-0.15, -0.1) is 0 Å². The van der Waals surface area contributed by atoms with Gasteiger partial charge in [-0.3, -0.25) is 0 Å². The van der Waals surface area contributed by atoms with Gasteiger partial charge in [-0.1, -0.05) is 6.07 Å². The van der Waals surface area contributed by atoms with Crippen molar-refractivity contribution in [1.29, 1.82) is 0 Å². The molecular weight excluding hydrogens is 228 g/mol. The summed E-state index contributed by atoms with van der Waals surface area (Å²) in [6.45, 7) is 0.126.